The average molecular weight is 568 g/mol. The van der Waals surface area contributed by atoms with Gasteiger partial charge in [0, 0.05) is 8.95 Å². The molecule has 0 saturated carbocycles. The highest BCUT2D eigenvalue weighted by Gasteiger charge is 2.37. The summed E-state index contributed by atoms with van der Waals surface area (Å²) in [7, 11) is 0. The Balaban J connectivity index is 1.76. The van der Waals surface area contributed by atoms with Crippen molar-refractivity contribution in [2.24, 2.45) is 0 Å². The SMILES string of the molecule is Cc1ccc(N2C(=O)NC(=O)/C(=C\c3cc(Br)ccc3Cc3ccccc3Br)C2=O)cc1C. The molecule has 0 bridgehead atoms. The van der Waals surface area contributed by atoms with Crippen molar-refractivity contribution in [3.8, 4) is 0 Å². The fourth-order valence-electron chi connectivity index (χ4n) is 3.62. The number of imide groups is 2. The molecule has 1 heterocycles. The lowest BCUT2D eigenvalue weighted by Crippen LogP contribution is -2.54. The molecule has 0 unspecified atom stereocenters. The number of hydrogen-bond donors (Lipinski definition) is 1. The molecule has 0 spiro atoms. The third-order valence-corrected chi connectivity index (χ3v) is 6.86. The molecular weight excluding hydrogens is 548 g/mol. The van der Waals surface area contributed by atoms with E-state index in [0.29, 0.717) is 17.7 Å². The number of aryl methyl sites for hydroxylation is 2. The van der Waals surface area contributed by atoms with Crippen LogP contribution in [0.4, 0.5) is 10.5 Å². The van der Waals surface area contributed by atoms with Gasteiger partial charge >= 0.3 is 6.03 Å². The summed E-state index contributed by atoms with van der Waals surface area (Å²) in [6, 6.07) is 18.2. The van der Waals surface area contributed by atoms with Crippen LogP contribution in [0.5, 0.6) is 0 Å². The van der Waals surface area contributed by atoms with Gasteiger partial charge in [0.2, 0.25) is 0 Å². The minimum absolute atomic E-state index is 0.0979. The maximum Gasteiger partial charge on any atom is 0.335 e. The summed E-state index contributed by atoms with van der Waals surface area (Å²) in [4.78, 5) is 39.5. The first-order valence-corrected chi connectivity index (χ1v) is 11.8. The Hall–Kier alpha value is -3.03. The quantitative estimate of drug-likeness (QED) is 0.306. The highest BCUT2D eigenvalue weighted by molar-refractivity contribution is 9.10. The van der Waals surface area contributed by atoms with Crippen molar-refractivity contribution in [2.45, 2.75) is 20.3 Å². The smallest absolute Gasteiger partial charge is 0.273 e. The normalized spacial score (nSPS) is 15.2. The van der Waals surface area contributed by atoms with E-state index in [-0.39, 0.29) is 5.57 Å². The van der Waals surface area contributed by atoms with Crippen LogP contribution in [0.3, 0.4) is 0 Å². The van der Waals surface area contributed by atoms with E-state index in [1.165, 1.54) is 0 Å². The van der Waals surface area contributed by atoms with Gasteiger partial charge < -0.3 is 0 Å². The third kappa shape index (κ3) is 4.84. The second kappa shape index (κ2) is 9.45. The van der Waals surface area contributed by atoms with Gasteiger partial charge in [-0.3, -0.25) is 14.9 Å². The molecule has 3 aromatic rings. The van der Waals surface area contributed by atoms with Gasteiger partial charge in [-0.25, -0.2) is 9.69 Å². The number of nitrogens with zero attached hydrogens (tertiary/aromatic N) is 1. The number of rotatable bonds is 4. The first-order chi connectivity index (χ1) is 15.7. The molecule has 1 saturated heterocycles. The van der Waals surface area contributed by atoms with Gasteiger partial charge in [0.25, 0.3) is 11.8 Å². The van der Waals surface area contributed by atoms with Crippen LogP contribution >= 0.6 is 31.9 Å². The van der Waals surface area contributed by atoms with Crippen LogP contribution in [0.1, 0.15) is 27.8 Å². The number of barbiturate groups is 1. The maximum atomic E-state index is 13.3. The van der Waals surface area contributed by atoms with Crippen molar-refractivity contribution < 1.29 is 14.4 Å². The van der Waals surface area contributed by atoms with Gasteiger partial charge in [-0.15, -0.1) is 0 Å². The molecule has 1 aliphatic rings. The fraction of sp³-hybridized carbons (Fsp3) is 0.115. The second-order valence-electron chi connectivity index (χ2n) is 7.84. The van der Waals surface area contributed by atoms with E-state index in [1.54, 1.807) is 18.2 Å². The summed E-state index contributed by atoms with van der Waals surface area (Å²) in [6.45, 7) is 3.86. The number of benzene rings is 3. The lowest BCUT2D eigenvalue weighted by atomic mass is 9.97. The lowest BCUT2D eigenvalue weighted by molar-refractivity contribution is -0.122. The van der Waals surface area contributed by atoms with E-state index in [1.807, 2.05) is 62.4 Å². The van der Waals surface area contributed by atoms with Crippen LogP contribution in [0.2, 0.25) is 0 Å². The Bertz CT molecular complexity index is 1330. The number of carbonyl (C=O) groups is 3. The predicted octanol–water partition coefficient (Wildman–Crippen LogP) is 6.09. The van der Waals surface area contributed by atoms with Gasteiger partial charge in [0.1, 0.15) is 5.57 Å². The molecule has 33 heavy (non-hydrogen) atoms. The molecular formula is C26H20Br2N2O3. The van der Waals surface area contributed by atoms with E-state index >= 15 is 0 Å². The van der Waals surface area contributed by atoms with Gasteiger partial charge in [0.15, 0.2) is 0 Å². The molecule has 0 aliphatic carbocycles. The fourth-order valence-corrected chi connectivity index (χ4v) is 4.42. The first kappa shape index (κ1) is 23.1. The standard InChI is InChI=1S/C26H20Br2N2O3/c1-15-7-10-21(11-16(15)2)30-25(32)22(24(31)29-26(30)33)14-19-13-20(27)9-8-17(19)12-18-5-3-4-6-23(18)28/h3-11,13-14H,12H2,1-2H3,(H,29,31,33)/b22-14+. The molecule has 1 fully saturated rings. The van der Waals surface area contributed by atoms with Gasteiger partial charge in [-0.2, -0.15) is 0 Å². The topological polar surface area (TPSA) is 66.5 Å². The van der Waals surface area contributed by atoms with Crippen molar-refractivity contribution >= 4 is 61.5 Å². The Morgan fingerprint density at radius 2 is 1.64 bits per heavy atom. The highest BCUT2D eigenvalue weighted by atomic mass is 79.9. The minimum atomic E-state index is -0.756. The van der Waals surface area contributed by atoms with Crippen molar-refractivity contribution in [3.05, 3.63) is 103 Å². The molecule has 7 heteroatoms. The number of carbonyl (C=O) groups excluding carboxylic acids is 3. The zero-order chi connectivity index (χ0) is 23.7. The summed E-state index contributed by atoms with van der Waals surface area (Å²) in [6.07, 6.45) is 2.15. The predicted molar refractivity (Wildman–Crippen MR) is 136 cm³/mol. The number of nitrogens with one attached hydrogen (secondary N) is 1. The summed E-state index contributed by atoms with van der Waals surface area (Å²) >= 11 is 7.05. The Kier molecular flexibility index (Phi) is 6.63. The molecule has 0 atom stereocenters. The van der Waals surface area contributed by atoms with E-state index in [4.69, 9.17) is 0 Å². The molecule has 4 amide bonds. The Morgan fingerprint density at radius 3 is 2.36 bits per heavy atom. The number of hydrogen-bond acceptors (Lipinski definition) is 3. The Labute approximate surface area is 208 Å². The minimum Gasteiger partial charge on any atom is -0.273 e. The summed E-state index contributed by atoms with van der Waals surface area (Å²) in [5, 5.41) is 2.30. The monoisotopic (exact) mass is 566 g/mol. The van der Waals surface area contributed by atoms with Crippen molar-refractivity contribution in [3.63, 3.8) is 0 Å². The third-order valence-electron chi connectivity index (χ3n) is 5.60. The summed E-state index contributed by atoms with van der Waals surface area (Å²) in [5.74, 6) is -1.37. The average Bonchev–Trinajstić information content (AvgIpc) is 2.76. The second-order valence-corrected chi connectivity index (χ2v) is 9.61. The van der Waals surface area contributed by atoms with E-state index in [9.17, 15) is 14.4 Å². The molecule has 1 aliphatic heterocycles. The van der Waals surface area contributed by atoms with Crippen LogP contribution in [0, 0.1) is 13.8 Å². The van der Waals surface area contributed by atoms with Crippen LogP contribution < -0.4 is 10.2 Å². The van der Waals surface area contributed by atoms with E-state index in [2.05, 4.69) is 37.2 Å². The van der Waals surface area contributed by atoms with Crippen LogP contribution in [0.25, 0.3) is 6.08 Å². The van der Waals surface area contributed by atoms with Gasteiger partial charge in [-0.1, -0.05) is 62.2 Å². The molecule has 4 rings (SSSR count). The molecule has 5 nitrogen and oxygen atoms in total. The number of amides is 4. The molecule has 3 aromatic carbocycles. The zero-order valence-electron chi connectivity index (χ0n) is 18.0. The van der Waals surface area contributed by atoms with Crippen molar-refractivity contribution in [1.29, 1.82) is 0 Å². The van der Waals surface area contributed by atoms with Crippen molar-refractivity contribution in [1.82, 2.24) is 5.32 Å². The lowest BCUT2D eigenvalue weighted by Gasteiger charge is -2.27. The summed E-state index contributed by atoms with van der Waals surface area (Å²) in [5.41, 5.74) is 5.03. The largest absolute Gasteiger partial charge is 0.335 e. The zero-order valence-corrected chi connectivity index (χ0v) is 21.2. The van der Waals surface area contributed by atoms with E-state index < -0.39 is 17.8 Å². The highest BCUT2D eigenvalue weighted by Crippen LogP contribution is 2.28. The first-order valence-electron chi connectivity index (χ1n) is 10.2. The summed E-state index contributed by atoms with van der Waals surface area (Å²) < 4.78 is 1.79. The van der Waals surface area contributed by atoms with Gasteiger partial charge in [-0.05, 0) is 84.5 Å². The number of urea groups is 1. The maximum absolute atomic E-state index is 13.3. The molecule has 1 N–H and O–H groups in total. The van der Waals surface area contributed by atoms with Crippen LogP contribution in [0.15, 0.2) is 75.2 Å². The van der Waals surface area contributed by atoms with Crippen LogP contribution in [-0.2, 0) is 16.0 Å². The van der Waals surface area contributed by atoms with Crippen LogP contribution in [-0.4, -0.2) is 17.8 Å². The van der Waals surface area contributed by atoms with Gasteiger partial charge in [0.05, 0.1) is 5.69 Å². The molecule has 0 radical (unpaired) electrons. The number of anilines is 1. The number of halogens is 2. The molecule has 166 valence electrons. The molecule has 0 aromatic heterocycles. The van der Waals surface area contributed by atoms with Crippen molar-refractivity contribution in [2.75, 3.05) is 4.90 Å². The van der Waals surface area contributed by atoms with E-state index in [0.717, 1.165) is 36.1 Å². The Morgan fingerprint density at radius 1 is 0.879 bits per heavy atom.